The van der Waals surface area contributed by atoms with Gasteiger partial charge in [0.1, 0.15) is 5.78 Å². The summed E-state index contributed by atoms with van der Waals surface area (Å²) < 4.78 is 27.8. The number of nitrogens with zero attached hydrogens (tertiary/aromatic N) is 1. The molecule has 2 atom stereocenters. The molecular weight excluding hydrogens is 310 g/mol. The Morgan fingerprint density at radius 2 is 2.00 bits per heavy atom. The Balaban J connectivity index is 1.71. The van der Waals surface area contributed by atoms with Gasteiger partial charge in [-0.15, -0.1) is 0 Å². The van der Waals surface area contributed by atoms with Crippen molar-refractivity contribution in [3.8, 4) is 0 Å². The molecule has 2 bridgehead atoms. The Bertz CT molecular complexity index is 783. The maximum absolute atomic E-state index is 13.1. The molecule has 124 valence electrons. The Kier molecular flexibility index (Phi) is 3.03. The second-order valence-corrected chi connectivity index (χ2v) is 9.77. The summed E-state index contributed by atoms with van der Waals surface area (Å²) in [7, 11) is -3.49. The van der Waals surface area contributed by atoms with Crippen molar-refractivity contribution in [3.63, 3.8) is 0 Å². The van der Waals surface area contributed by atoms with Gasteiger partial charge in [-0.05, 0) is 42.2 Å². The van der Waals surface area contributed by atoms with E-state index in [9.17, 15) is 13.2 Å². The number of hydrogen-bond donors (Lipinski definition) is 0. The van der Waals surface area contributed by atoms with Gasteiger partial charge in [-0.25, -0.2) is 8.42 Å². The van der Waals surface area contributed by atoms with Gasteiger partial charge in [-0.1, -0.05) is 32.0 Å². The molecule has 1 aliphatic heterocycles. The first-order valence-corrected chi connectivity index (χ1v) is 10.0. The first-order valence-electron chi connectivity index (χ1n) is 8.40. The van der Waals surface area contributed by atoms with Crippen LogP contribution < -0.4 is 4.31 Å². The van der Waals surface area contributed by atoms with Crippen LogP contribution in [0.25, 0.3) is 0 Å². The van der Waals surface area contributed by atoms with Crippen molar-refractivity contribution in [2.75, 3.05) is 16.6 Å². The summed E-state index contributed by atoms with van der Waals surface area (Å²) in [5, 5.41) is 0. The van der Waals surface area contributed by atoms with Gasteiger partial charge in [0, 0.05) is 13.0 Å². The van der Waals surface area contributed by atoms with Crippen LogP contribution in [0.2, 0.25) is 0 Å². The summed E-state index contributed by atoms with van der Waals surface area (Å²) in [6.07, 6.45) is 3.00. The quantitative estimate of drug-likeness (QED) is 0.855. The van der Waals surface area contributed by atoms with Crippen molar-refractivity contribution < 1.29 is 13.2 Å². The minimum atomic E-state index is -3.49. The minimum absolute atomic E-state index is 0.0311. The third-order valence-corrected chi connectivity index (χ3v) is 8.66. The summed E-state index contributed by atoms with van der Waals surface area (Å²) in [5.74, 6) is 0.474. The fourth-order valence-corrected chi connectivity index (χ4v) is 7.40. The SMILES string of the molecule is CC1(C)[C@@H]2CC[C@]1(CS(=O)(=O)N1CCc3ccccc31)C(=O)C2. The molecule has 4 rings (SSSR count). The fraction of sp³-hybridized carbons (Fsp3) is 0.611. The lowest BCUT2D eigenvalue weighted by Crippen LogP contribution is -2.46. The molecule has 4 nitrogen and oxygen atoms in total. The summed E-state index contributed by atoms with van der Waals surface area (Å²) >= 11 is 0. The second kappa shape index (κ2) is 4.59. The van der Waals surface area contributed by atoms with Crippen molar-refractivity contribution in [1.82, 2.24) is 0 Å². The Morgan fingerprint density at radius 3 is 2.65 bits per heavy atom. The van der Waals surface area contributed by atoms with Crippen LogP contribution in [0.15, 0.2) is 24.3 Å². The van der Waals surface area contributed by atoms with Gasteiger partial charge in [0.05, 0.1) is 16.9 Å². The smallest absolute Gasteiger partial charge is 0.236 e. The normalized spacial score (nSPS) is 31.7. The van der Waals surface area contributed by atoms with Crippen molar-refractivity contribution in [2.24, 2.45) is 16.7 Å². The lowest BCUT2D eigenvalue weighted by molar-refractivity contribution is -0.128. The van der Waals surface area contributed by atoms with Gasteiger partial charge < -0.3 is 0 Å². The van der Waals surface area contributed by atoms with Crippen molar-refractivity contribution in [1.29, 1.82) is 0 Å². The van der Waals surface area contributed by atoms with E-state index in [-0.39, 0.29) is 17.0 Å². The third-order valence-electron chi connectivity index (χ3n) is 6.75. The molecule has 5 heteroatoms. The molecule has 1 aromatic carbocycles. The number of Topliss-reactive ketones (excluding diaryl/α,β-unsaturated/α-hetero) is 1. The Hall–Kier alpha value is -1.36. The maximum Gasteiger partial charge on any atom is 0.236 e. The zero-order valence-electron chi connectivity index (χ0n) is 13.7. The third kappa shape index (κ3) is 1.89. The highest BCUT2D eigenvalue weighted by atomic mass is 32.2. The average Bonchev–Trinajstić information content (AvgIpc) is 3.07. The Labute approximate surface area is 137 Å². The number of para-hydroxylation sites is 1. The lowest BCUT2D eigenvalue weighted by atomic mass is 9.70. The summed E-state index contributed by atoms with van der Waals surface area (Å²) in [6, 6.07) is 7.68. The summed E-state index contributed by atoms with van der Waals surface area (Å²) in [4.78, 5) is 12.6. The minimum Gasteiger partial charge on any atom is -0.299 e. The average molecular weight is 333 g/mol. The van der Waals surface area contributed by atoms with E-state index in [1.807, 2.05) is 24.3 Å². The highest BCUT2D eigenvalue weighted by molar-refractivity contribution is 7.92. The number of carbonyl (C=O) groups is 1. The lowest BCUT2D eigenvalue weighted by Gasteiger charge is -2.37. The number of ketones is 1. The van der Waals surface area contributed by atoms with Crippen LogP contribution in [0, 0.1) is 16.7 Å². The molecule has 0 unspecified atom stereocenters. The number of rotatable bonds is 3. The molecule has 1 aromatic rings. The topological polar surface area (TPSA) is 54.5 Å². The van der Waals surface area contributed by atoms with Crippen LogP contribution in [0.1, 0.15) is 38.7 Å². The molecule has 0 amide bonds. The van der Waals surface area contributed by atoms with Crippen LogP contribution in [-0.4, -0.2) is 26.5 Å². The first kappa shape index (κ1) is 15.2. The molecule has 1 heterocycles. The largest absolute Gasteiger partial charge is 0.299 e. The molecule has 2 fully saturated rings. The monoisotopic (exact) mass is 333 g/mol. The number of hydrogen-bond acceptors (Lipinski definition) is 3. The van der Waals surface area contributed by atoms with E-state index in [0.717, 1.165) is 30.5 Å². The first-order chi connectivity index (χ1) is 10.8. The van der Waals surface area contributed by atoms with Crippen LogP contribution in [-0.2, 0) is 21.2 Å². The van der Waals surface area contributed by atoms with Crippen LogP contribution >= 0.6 is 0 Å². The van der Waals surface area contributed by atoms with Crippen LogP contribution in [0.3, 0.4) is 0 Å². The molecular formula is C18H23NO3S. The molecule has 3 aliphatic rings. The van der Waals surface area contributed by atoms with Crippen molar-refractivity contribution in [2.45, 2.75) is 39.5 Å². The highest BCUT2D eigenvalue weighted by Crippen LogP contribution is 2.64. The second-order valence-electron chi connectivity index (χ2n) is 7.87. The van der Waals surface area contributed by atoms with Crippen molar-refractivity contribution in [3.05, 3.63) is 29.8 Å². The highest BCUT2D eigenvalue weighted by Gasteiger charge is 2.65. The van der Waals surface area contributed by atoms with E-state index in [1.165, 1.54) is 4.31 Å². The van der Waals surface area contributed by atoms with E-state index >= 15 is 0 Å². The van der Waals surface area contributed by atoms with Gasteiger partial charge in [0.2, 0.25) is 10.0 Å². The number of anilines is 1. The number of carbonyl (C=O) groups excluding carboxylic acids is 1. The number of sulfonamides is 1. The van der Waals surface area contributed by atoms with Gasteiger partial charge in [-0.2, -0.15) is 0 Å². The predicted molar refractivity (Wildman–Crippen MR) is 89.8 cm³/mol. The van der Waals surface area contributed by atoms with E-state index in [1.54, 1.807) is 0 Å². The van der Waals surface area contributed by atoms with Crippen LogP contribution in [0.5, 0.6) is 0 Å². The molecule has 0 N–H and O–H groups in total. The summed E-state index contributed by atoms with van der Waals surface area (Å²) in [6.45, 7) is 4.67. The standard InChI is InChI=1S/C18H23NO3S/c1-17(2)14-7-9-18(17,16(20)11-14)12-23(21,22)19-10-8-13-5-3-4-6-15(13)19/h3-6,14H,7-12H2,1-2H3/t14-,18+/m1/s1. The van der Waals surface area contributed by atoms with E-state index < -0.39 is 15.4 Å². The van der Waals surface area contributed by atoms with Crippen LogP contribution in [0.4, 0.5) is 5.69 Å². The van der Waals surface area contributed by atoms with Crippen molar-refractivity contribution >= 4 is 21.5 Å². The van der Waals surface area contributed by atoms with E-state index in [4.69, 9.17) is 0 Å². The molecule has 0 radical (unpaired) electrons. The van der Waals surface area contributed by atoms with E-state index in [2.05, 4.69) is 13.8 Å². The zero-order valence-corrected chi connectivity index (χ0v) is 14.5. The Morgan fingerprint density at radius 1 is 1.26 bits per heavy atom. The van der Waals surface area contributed by atoms with Gasteiger partial charge in [-0.3, -0.25) is 9.10 Å². The predicted octanol–water partition coefficient (Wildman–Crippen LogP) is 2.77. The molecule has 0 aromatic heterocycles. The fourth-order valence-electron chi connectivity index (χ4n) is 5.09. The van der Waals surface area contributed by atoms with Gasteiger partial charge in [0.25, 0.3) is 0 Å². The molecule has 0 spiro atoms. The number of fused-ring (bicyclic) bond motifs is 3. The zero-order chi connectivity index (χ0) is 16.5. The molecule has 2 saturated carbocycles. The van der Waals surface area contributed by atoms with Gasteiger partial charge >= 0.3 is 0 Å². The number of benzene rings is 1. The summed E-state index contributed by atoms with van der Waals surface area (Å²) in [5.41, 5.74) is 0.973. The molecule has 23 heavy (non-hydrogen) atoms. The van der Waals surface area contributed by atoms with Gasteiger partial charge in [0.15, 0.2) is 0 Å². The maximum atomic E-state index is 13.1. The molecule has 0 saturated heterocycles. The van der Waals surface area contributed by atoms with E-state index in [0.29, 0.717) is 18.9 Å². The molecule has 2 aliphatic carbocycles.